The minimum absolute atomic E-state index is 0.258. The third-order valence-corrected chi connectivity index (χ3v) is 4.21. The Kier molecular flexibility index (Phi) is 5.72. The van der Waals surface area contributed by atoms with Crippen LogP contribution in [-0.2, 0) is 19.1 Å². The minimum Gasteiger partial charge on any atom is -0.485 e. The standard InChI is InChI=1S/C19H23F3N4O/c1-13(2)10-15-14(11-26-9-6-17(25-26)19(20,21)22)4-3-5-16(15)27-12-18-23-7-8-24-18/h3-6,9,13H,7-8,10-12H2,1-2H3,(H,23,24). The Labute approximate surface area is 156 Å². The summed E-state index contributed by atoms with van der Waals surface area (Å²) < 4.78 is 45.6. The summed E-state index contributed by atoms with van der Waals surface area (Å²) in [5.74, 6) is 1.93. The average molecular weight is 380 g/mol. The fourth-order valence-corrected chi connectivity index (χ4v) is 3.00. The maximum absolute atomic E-state index is 12.8. The largest absolute Gasteiger partial charge is 0.485 e. The first-order valence-corrected chi connectivity index (χ1v) is 8.94. The van der Waals surface area contributed by atoms with E-state index in [1.165, 1.54) is 10.9 Å². The molecule has 0 saturated carbocycles. The molecule has 2 heterocycles. The van der Waals surface area contributed by atoms with Crippen molar-refractivity contribution in [2.45, 2.75) is 33.0 Å². The van der Waals surface area contributed by atoms with E-state index in [4.69, 9.17) is 4.74 Å². The van der Waals surface area contributed by atoms with Crippen LogP contribution in [0.1, 0.15) is 30.7 Å². The highest BCUT2D eigenvalue weighted by Gasteiger charge is 2.33. The third kappa shape index (κ3) is 5.02. The molecule has 0 atom stereocenters. The van der Waals surface area contributed by atoms with Gasteiger partial charge in [-0.2, -0.15) is 18.3 Å². The van der Waals surface area contributed by atoms with Gasteiger partial charge in [-0.15, -0.1) is 0 Å². The lowest BCUT2D eigenvalue weighted by Crippen LogP contribution is -2.25. The van der Waals surface area contributed by atoms with Gasteiger partial charge in [-0.3, -0.25) is 9.67 Å². The molecule has 8 heteroatoms. The number of hydrogen-bond donors (Lipinski definition) is 1. The molecule has 5 nitrogen and oxygen atoms in total. The number of nitrogens with zero attached hydrogens (tertiary/aromatic N) is 3. The quantitative estimate of drug-likeness (QED) is 0.800. The van der Waals surface area contributed by atoms with Crippen molar-refractivity contribution in [1.29, 1.82) is 0 Å². The first-order valence-electron chi connectivity index (χ1n) is 8.94. The van der Waals surface area contributed by atoms with Gasteiger partial charge in [-0.25, -0.2) is 0 Å². The van der Waals surface area contributed by atoms with Crippen LogP contribution in [0.4, 0.5) is 13.2 Å². The van der Waals surface area contributed by atoms with Crippen molar-refractivity contribution >= 4 is 5.84 Å². The van der Waals surface area contributed by atoms with Crippen LogP contribution < -0.4 is 10.1 Å². The molecule has 1 aliphatic rings. The van der Waals surface area contributed by atoms with Crippen LogP contribution in [0.5, 0.6) is 5.75 Å². The average Bonchev–Trinajstić information content (AvgIpc) is 3.26. The zero-order valence-corrected chi connectivity index (χ0v) is 15.4. The number of hydrogen-bond acceptors (Lipinski definition) is 4. The van der Waals surface area contributed by atoms with Crippen molar-refractivity contribution in [3.63, 3.8) is 0 Å². The molecule has 0 unspecified atom stereocenters. The number of benzene rings is 1. The fourth-order valence-electron chi connectivity index (χ4n) is 3.00. The monoisotopic (exact) mass is 380 g/mol. The van der Waals surface area contributed by atoms with Crippen LogP contribution in [0.25, 0.3) is 0 Å². The van der Waals surface area contributed by atoms with E-state index in [1.807, 2.05) is 18.2 Å². The van der Waals surface area contributed by atoms with Crippen molar-refractivity contribution in [1.82, 2.24) is 15.1 Å². The molecule has 0 fully saturated rings. The van der Waals surface area contributed by atoms with Crippen LogP contribution in [0, 0.1) is 5.92 Å². The molecule has 0 saturated heterocycles. The lowest BCUT2D eigenvalue weighted by atomic mass is 9.97. The number of aromatic nitrogens is 2. The van der Waals surface area contributed by atoms with Gasteiger partial charge in [-0.1, -0.05) is 26.0 Å². The second-order valence-corrected chi connectivity index (χ2v) is 6.93. The molecule has 1 aromatic carbocycles. The van der Waals surface area contributed by atoms with E-state index in [1.54, 1.807) is 0 Å². The Morgan fingerprint density at radius 1 is 1.26 bits per heavy atom. The maximum atomic E-state index is 12.8. The lowest BCUT2D eigenvalue weighted by Gasteiger charge is -2.17. The van der Waals surface area contributed by atoms with Crippen LogP contribution in [0.2, 0.25) is 0 Å². The molecular weight excluding hydrogens is 357 g/mol. The second-order valence-electron chi connectivity index (χ2n) is 6.93. The van der Waals surface area contributed by atoms with Crippen LogP contribution in [0.3, 0.4) is 0 Å². The number of halogens is 3. The van der Waals surface area contributed by atoms with Gasteiger partial charge in [0.05, 0.1) is 13.1 Å². The SMILES string of the molecule is CC(C)Cc1c(Cn2ccc(C(F)(F)F)n2)cccc1OCC1=NCCN1. The fraction of sp³-hybridized carbons (Fsp3) is 0.474. The van der Waals surface area contributed by atoms with Gasteiger partial charge < -0.3 is 10.1 Å². The number of rotatable bonds is 7. The molecule has 0 spiro atoms. The summed E-state index contributed by atoms with van der Waals surface area (Å²) >= 11 is 0. The van der Waals surface area contributed by atoms with Gasteiger partial charge >= 0.3 is 6.18 Å². The van der Waals surface area contributed by atoms with E-state index < -0.39 is 11.9 Å². The highest BCUT2D eigenvalue weighted by Crippen LogP contribution is 2.29. The van der Waals surface area contributed by atoms with Gasteiger partial charge in [0.2, 0.25) is 0 Å². The summed E-state index contributed by atoms with van der Waals surface area (Å²) in [6.45, 7) is 6.37. The molecule has 27 heavy (non-hydrogen) atoms. The number of amidine groups is 1. The van der Waals surface area contributed by atoms with Gasteiger partial charge in [-0.05, 0) is 35.6 Å². The smallest absolute Gasteiger partial charge is 0.435 e. The van der Waals surface area contributed by atoms with E-state index in [0.717, 1.165) is 48.3 Å². The van der Waals surface area contributed by atoms with Gasteiger partial charge in [0.15, 0.2) is 5.69 Å². The molecular formula is C19H23F3N4O. The number of aliphatic imine (C=N–C) groups is 1. The molecule has 2 aromatic rings. The number of ether oxygens (including phenoxy) is 1. The molecule has 0 aliphatic carbocycles. The predicted octanol–water partition coefficient (Wildman–Crippen LogP) is 3.53. The molecule has 1 aromatic heterocycles. The highest BCUT2D eigenvalue weighted by atomic mass is 19.4. The normalized spacial score (nSPS) is 14.4. The maximum Gasteiger partial charge on any atom is 0.435 e. The molecule has 0 amide bonds. The topological polar surface area (TPSA) is 51.4 Å². The molecule has 0 bridgehead atoms. The Bertz CT molecular complexity index is 812. The summed E-state index contributed by atoms with van der Waals surface area (Å²) in [4.78, 5) is 4.32. The van der Waals surface area contributed by atoms with Crippen LogP contribution >= 0.6 is 0 Å². The van der Waals surface area contributed by atoms with Crippen molar-refractivity contribution in [2.75, 3.05) is 19.7 Å². The second kappa shape index (κ2) is 8.02. The third-order valence-electron chi connectivity index (χ3n) is 4.21. The summed E-state index contributed by atoms with van der Waals surface area (Å²) in [7, 11) is 0. The lowest BCUT2D eigenvalue weighted by molar-refractivity contribution is -0.141. The molecule has 3 rings (SSSR count). The minimum atomic E-state index is -4.44. The van der Waals surface area contributed by atoms with E-state index in [-0.39, 0.29) is 6.54 Å². The van der Waals surface area contributed by atoms with Gasteiger partial charge in [0.25, 0.3) is 0 Å². The first kappa shape index (κ1) is 19.3. The van der Waals surface area contributed by atoms with Crippen molar-refractivity contribution < 1.29 is 17.9 Å². The Morgan fingerprint density at radius 3 is 2.70 bits per heavy atom. The van der Waals surface area contributed by atoms with Crippen molar-refractivity contribution in [3.8, 4) is 5.75 Å². The van der Waals surface area contributed by atoms with Gasteiger partial charge in [0, 0.05) is 12.7 Å². The van der Waals surface area contributed by atoms with E-state index in [0.29, 0.717) is 12.5 Å². The molecule has 1 aliphatic heterocycles. The predicted molar refractivity (Wildman–Crippen MR) is 97.1 cm³/mol. The number of alkyl halides is 3. The number of nitrogens with one attached hydrogen (secondary N) is 1. The van der Waals surface area contributed by atoms with E-state index in [2.05, 4.69) is 29.3 Å². The summed E-state index contributed by atoms with van der Waals surface area (Å²) in [6.07, 6.45) is -2.32. The summed E-state index contributed by atoms with van der Waals surface area (Å²) in [5.41, 5.74) is 1.01. The zero-order chi connectivity index (χ0) is 19.4. The van der Waals surface area contributed by atoms with E-state index in [9.17, 15) is 13.2 Å². The summed E-state index contributed by atoms with van der Waals surface area (Å²) in [6, 6.07) is 6.64. The van der Waals surface area contributed by atoms with Crippen molar-refractivity contribution in [3.05, 3.63) is 47.3 Å². The molecule has 146 valence electrons. The highest BCUT2D eigenvalue weighted by molar-refractivity contribution is 5.85. The van der Waals surface area contributed by atoms with Crippen LogP contribution in [0.15, 0.2) is 35.5 Å². The van der Waals surface area contributed by atoms with Gasteiger partial charge in [0.1, 0.15) is 18.2 Å². The Hall–Kier alpha value is -2.51. The first-order chi connectivity index (χ1) is 12.8. The Balaban J connectivity index is 1.82. The Morgan fingerprint density at radius 2 is 2.07 bits per heavy atom. The van der Waals surface area contributed by atoms with E-state index >= 15 is 0 Å². The summed E-state index contributed by atoms with van der Waals surface area (Å²) in [5, 5.41) is 6.82. The molecule has 1 N–H and O–H groups in total. The van der Waals surface area contributed by atoms with Crippen LogP contribution in [-0.4, -0.2) is 35.3 Å². The van der Waals surface area contributed by atoms with Crippen molar-refractivity contribution in [2.24, 2.45) is 10.9 Å². The molecule has 0 radical (unpaired) electrons. The zero-order valence-electron chi connectivity index (χ0n) is 15.4.